The number of aryl methyl sites for hydroxylation is 3. The quantitative estimate of drug-likeness (QED) is 0.123. The van der Waals surface area contributed by atoms with Gasteiger partial charge in [0.2, 0.25) is 0 Å². The number of hydrogen-bond acceptors (Lipinski definition) is 3. The van der Waals surface area contributed by atoms with Gasteiger partial charge in [0.25, 0.3) is 0 Å². The normalized spacial score (nSPS) is 12.7. The summed E-state index contributed by atoms with van der Waals surface area (Å²) in [6, 6.07) is 56.0. The van der Waals surface area contributed by atoms with Crippen LogP contribution in [0.2, 0.25) is 13.1 Å². The van der Waals surface area contributed by atoms with Crippen molar-refractivity contribution in [2.45, 2.75) is 33.9 Å². The number of para-hydroxylation sites is 4. The third kappa shape index (κ3) is 5.83. The molecular weight excluding hydrogens is 844 g/mol. The van der Waals surface area contributed by atoms with Crippen molar-refractivity contribution >= 4 is 63.0 Å². The number of fused-ring (bicyclic) bond motifs is 4. The number of hydrogen-bond donors (Lipinski definition) is 0. The average molecular weight is 884 g/mol. The fourth-order valence-electron chi connectivity index (χ4n) is 8.08. The summed E-state index contributed by atoms with van der Waals surface area (Å²) in [6.45, 7) is 12.1. The molecule has 6 heteroatoms. The molecule has 0 radical (unpaired) electrons. The zero-order valence-electron chi connectivity index (χ0n) is 30.6. The summed E-state index contributed by atoms with van der Waals surface area (Å²) in [6.07, 6.45) is 1.94. The van der Waals surface area contributed by atoms with Crippen molar-refractivity contribution in [1.82, 2.24) is 9.55 Å². The molecule has 0 fully saturated rings. The Balaban J connectivity index is 0.00000400. The first kappa shape index (κ1) is 34.8. The van der Waals surface area contributed by atoms with Crippen LogP contribution >= 0.6 is 0 Å². The molecule has 6 aromatic carbocycles. The van der Waals surface area contributed by atoms with Gasteiger partial charge in [-0.25, -0.2) is 4.98 Å². The number of nitrogens with zero attached hydrogens (tertiary/aromatic N) is 4. The Morgan fingerprint density at radius 1 is 0.585 bits per heavy atom. The average Bonchev–Trinajstić information content (AvgIpc) is 3.71. The van der Waals surface area contributed by atoms with Crippen molar-refractivity contribution in [3.05, 3.63) is 168 Å². The molecule has 0 atom stereocenters. The second kappa shape index (κ2) is 13.6. The number of anilines is 4. The fourth-order valence-corrected chi connectivity index (χ4v) is 10.3. The Morgan fingerprint density at radius 2 is 1.23 bits per heavy atom. The van der Waals surface area contributed by atoms with Crippen molar-refractivity contribution < 1.29 is 21.1 Å². The SMILES string of the molecule is Cc1ccccc1N1CN(c2[c-]c([Si](C)(C)c3[c-]c4c(cc3)c3ccccc3n4-c3cc(-c4c(C)cccc4C)ccn3)ccc2)c2ccccc21.[Pt+2]. The van der Waals surface area contributed by atoms with E-state index >= 15 is 0 Å². The zero-order chi connectivity index (χ0) is 35.6. The molecule has 0 amide bonds. The Morgan fingerprint density at radius 3 is 2.00 bits per heavy atom. The summed E-state index contributed by atoms with van der Waals surface area (Å²) in [5, 5.41) is 4.89. The Kier molecular flexibility index (Phi) is 8.96. The number of aromatic nitrogens is 2. The first-order valence-electron chi connectivity index (χ1n) is 18.0. The van der Waals surface area contributed by atoms with E-state index in [1.165, 1.54) is 66.0 Å². The molecule has 0 saturated heterocycles. The van der Waals surface area contributed by atoms with Crippen LogP contribution in [0.25, 0.3) is 38.8 Å². The molecule has 53 heavy (non-hydrogen) atoms. The van der Waals surface area contributed by atoms with Crippen molar-refractivity contribution in [2.75, 3.05) is 16.5 Å². The minimum atomic E-state index is -2.27. The van der Waals surface area contributed by atoms with Crippen molar-refractivity contribution in [1.29, 1.82) is 0 Å². The van der Waals surface area contributed by atoms with E-state index in [2.05, 4.69) is 194 Å². The third-order valence-electron chi connectivity index (χ3n) is 10.9. The minimum absolute atomic E-state index is 0. The van der Waals surface area contributed by atoms with E-state index in [0.717, 1.165) is 29.2 Å². The summed E-state index contributed by atoms with van der Waals surface area (Å²) >= 11 is 0. The molecule has 0 unspecified atom stereocenters. The van der Waals surface area contributed by atoms with E-state index in [9.17, 15) is 0 Å². The maximum absolute atomic E-state index is 4.96. The van der Waals surface area contributed by atoms with Crippen molar-refractivity contribution in [3.63, 3.8) is 0 Å². The van der Waals surface area contributed by atoms with Gasteiger partial charge in [0.1, 0.15) is 5.82 Å². The van der Waals surface area contributed by atoms with Gasteiger partial charge in [-0.3, -0.25) is 0 Å². The maximum atomic E-state index is 4.96. The van der Waals surface area contributed by atoms with Gasteiger partial charge >= 0.3 is 21.1 Å². The van der Waals surface area contributed by atoms with Crippen LogP contribution in [0.15, 0.2) is 140 Å². The summed E-state index contributed by atoms with van der Waals surface area (Å²) in [7, 11) is -2.27. The van der Waals surface area contributed by atoms with Gasteiger partial charge in [0.15, 0.2) is 0 Å². The molecule has 3 heterocycles. The molecule has 2 aromatic heterocycles. The first-order chi connectivity index (χ1) is 25.3. The van der Waals surface area contributed by atoms with E-state index in [4.69, 9.17) is 4.98 Å². The molecule has 0 aliphatic carbocycles. The zero-order valence-corrected chi connectivity index (χ0v) is 33.9. The van der Waals surface area contributed by atoms with Crippen LogP contribution in [0.3, 0.4) is 0 Å². The molecule has 1 aliphatic heterocycles. The fraction of sp³-hybridized carbons (Fsp3) is 0.128. The van der Waals surface area contributed by atoms with E-state index in [-0.39, 0.29) is 21.1 Å². The smallest absolute Gasteiger partial charge is 0.345 e. The monoisotopic (exact) mass is 883 g/mol. The van der Waals surface area contributed by atoms with Crippen LogP contribution in [0, 0.1) is 32.9 Å². The van der Waals surface area contributed by atoms with Crippen LogP contribution in [0.1, 0.15) is 16.7 Å². The van der Waals surface area contributed by atoms with Crippen LogP contribution in [0.4, 0.5) is 22.7 Å². The molecule has 1 aliphatic rings. The minimum Gasteiger partial charge on any atom is -0.345 e. The topological polar surface area (TPSA) is 24.3 Å². The second-order valence-electron chi connectivity index (χ2n) is 14.5. The molecule has 0 bridgehead atoms. The predicted molar refractivity (Wildman–Crippen MR) is 221 cm³/mol. The largest absolute Gasteiger partial charge is 2.00 e. The van der Waals surface area contributed by atoms with E-state index in [1.54, 1.807) is 0 Å². The first-order valence-corrected chi connectivity index (χ1v) is 21.0. The van der Waals surface area contributed by atoms with Gasteiger partial charge in [-0.1, -0.05) is 91.0 Å². The molecule has 9 rings (SSSR count). The molecule has 4 nitrogen and oxygen atoms in total. The van der Waals surface area contributed by atoms with Gasteiger partial charge in [-0.2, -0.15) is 46.8 Å². The second-order valence-corrected chi connectivity index (χ2v) is 18.8. The summed E-state index contributed by atoms with van der Waals surface area (Å²) in [4.78, 5) is 9.78. The van der Waals surface area contributed by atoms with Gasteiger partial charge in [-0.15, -0.1) is 11.5 Å². The standard InChI is InChI=1S/C47H40N4Si.Pt/c1-32-14-6-8-20-41(32)50-31-49(43-22-10-11-23-44(43)50)36-17-13-18-37(29-36)52(4,5)38-24-25-40-39-19-7-9-21-42(39)51(45(40)30-38)46-28-35(26-27-48-46)47-33(2)15-12-16-34(47)3;/h6-28H,31H2,1-5H3;/q-2;+2. The van der Waals surface area contributed by atoms with Gasteiger partial charge in [0.05, 0.1) is 26.1 Å². The Bertz CT molecular complexity index is 2640. The number of benzene rings is 6. The van der Waals surface area contributed by atoms with Crippen molar-refractivity contribution in [2.24, 2.45) is 0 Å². The van der Waals surface area contributed by atoms with E-state index in [1.807, 2.05) is 6.20 Å². The van der Waals surface area contributed by atoms with Crippen LogP contribution < -0.4 is 20.2 Å². The Hall–Kier alpha value is -5.22. The maximum Gasteiger partial charge on any atom is 2.00 e. The summed E-state index contributed by atoms with van der Waals surface area (Å²) in [5.41, 5.74) is 13.2. The molecule has 262 valence electrons. The van der Waals surface area contributed by atoms with Crippen LogP contribution in [-0.4, -0.2) is 24.3 Å². The van der Waals surface area contributed by atoms with Gasteiger partial charge in [-0.05, 0) is 90.4 Å². The van der Waals surface area contributed by atoms with Crippen LogP contribution in [-0.2, 0) is 21.1 Å². The number of rotatable bonds is 6. The predicted octanol–water partition coefficient (Wildman–Crippen LogP) is 10.4. The molecule has 0 N–H and O–H groups in total. The summed E-state index contributed by atoms with van der Waals surface area (Å²) < 4.78 is 2.30. The molecular formula is C47H40N4PtSi. The third-order valence-corrected chi connectivity index (χ3v) is 14.2. The van der Waals surface area contributed by atoms with Crippen molar-refractivity contribution in [3.8, 4) is 16.9 Å². The molecule has 0 saturated carbocycles. The van der Waals surface area contributed by atoms with E-state index in [0.29, 0.717) is 0 Å². The summed E-state index contributed by atoms with van der Waals surface area (Å²) in [5.74, 6) is 0.902. The molecule has 8 aromatic rings. The number of pyridine rings is 1. The van der Waals surface area contributed by atoms with Crippen LogP contribution in [0.5, 0.6) is 0 Å². The van der Waals surface area contributed by atoms with Gasteiger partial charge < -0.3 is 14.4 Å². The Labute approximate surface area is 327 Å². The van der Waals surface area contributed by atoms with Gasteiger partial charge in [0, 0.05) is 17.4 Å². The van der Waals surface area contributed by atoms with E-state index < -0.39 is 8.07 Å². The molecule has 0 spiro atoms.